The molecule has 1 amide bonds. The fourth-order valence-electron chi connectivity index (χ4n) is 1.91. The van der Waals surface area contributed by atoms with E-state index in [1.54, 1.807) is 13.0 Å². The van der Waals surface area contributed by atoms with Crippen LogP contribution in [0.15, 0.2) is 18.2 Å². The van der Waals surface area contributed by atoms with Crippen LogP contribution in [-0.4, -0.2) is 29.1 Å². The molecule has 0 radical (unpaired) electrons. The molecule has 0 heterocycles. The van der Waals surface area contributed by atoms with Gasteiger partial charge in [-0.15, -0.1) is 0 Å². The zero-order valence-corrected chi connectivity index (χ0v) is 12.7. The van der Waals surface area contributed by atoms with E-state index in [4.69, 9.17) is 5.11 Å². The minimum atomic E-state index is -0.514. The van der Waals surface area contributed by atoms with Crippen molar-refractivity contribution in [1.82, 2.24) is 5.32 Å². The van der Waals surface area contributed by atoms with Crippen LogP contribution in [0.4, 0.5) is 5.69 Å². The van der Waals surface area contributed by atoms with Crippen LogP contribution in [-0.2, 0) is 0 Å². The SMILES string of the molecule is Cc1ccc([N+](=O)[O-])cc1C(=O)NCCCC(C)(C)CO. The fourth-order valence-corrected chi connectivity index (χ4v) is 1.91. The summed E-state index contributed by atoms with van der Waals surface area (Å²) >= 11 is 0. The summed E-state index contributed by atoms with van der Waals surface area (Å²) in [6.45, 7) is 6.24. The summed E-state index contributed by atoms with van der Waals surface area (Å²) < 4.78 is 0. The normalized spacial score (nSPS) is 11.2. The summed E-state index contributed by atoms with van der Waals surface area (Å²) in [7, 11) is 0. The average Bonchev–Trinajstić information content (AvgIpc) is 2.43. The smallest absolute Gasteiger partial charge is 0.270 e. The second kappa shape index (κ2) is 7.17. The van der Waals surface area contributed by atoms with Crippen LogP contribution in [0.1, 0.15) is 42.6 Å². The minimum absolute atomic E-state index is 0.0906. The molecule has 0 aromatic heterocycles. The quantitative estimate of drug-likeness (QED) is 0.459. The molecule has 1 rings (SSSR count). The monoisotopic (exact) mass is 294 g/mol. The number of aliphatic hydroxyl groups is 1. The number of nitro benzene ring substituents is 1. The van der Waals surface area contributed by atoms with E-state index >= 15 is 0 Å². The van der Waals surface area contributed by atoms with E-state index in [9.17, 15) is 14.9 Å². The van der Waals surface area contributed by atoms with Crippen LogP contribution in [0.5, 0.6) is 0 Å². The Morgan fingerprint density at radius 2 is 2.10 bits per heavy atom. The number of hydrogen-bond donors (Lipinski definition) is 2. The van der Waals surface area contributed by atoms with Gasteiger partial charge in [-0.1, -0.05) is 19.9 Å². The molecule has 0 saturated heterocycles. The van der Waals surface area contributed by atoms with Gasteiger partial charge in [0, 0.05) is 30.8 Å². The number of carbonyl (C=O) groups excluding carboxylic acids is 1. The van der Waals surface area contributed by atoms with Crippen molar-refractivity contribution in [3.8, 4) is 0 Å². The number of non-ortho nitro benzene ring substituents is 1. The van der Waals surface area contributed by atoms with Crippen LogP contribution >= 0.6 is 0 Å². The Morgan fingerprint density at radius 3 is 2.67 bits per heavy atom. The van der Waals surface area contributed by atoms with E-state index in [0.29, 0.717) is 17.7 Å². The van der Waals surface area contributed by atoms with Gasteiger partial charge in [0.05, 0.1) is 4.92 Å². The number of nitro groups is 1. The first-order valence-electron chi connectivity index (χ1n) is 6.91. The molecule has 0 unspecified atom stereocenters. The second-order valence-corrected chi connectivity index (χ2v) is 5.94. The predicted molar refractivity (Wildman–Crippen MR) is 80.3 cm³/mol. The first-order chi connectivity index (χ1) is 9.76. The van der Waals surface area contributed by atoms with Gasteiger partial charge in [-0.25, -0.2) is 0 Å². The van der Waals surface area contributed by atoms with Crippen molar-refractivity contribution in [2.45, 2.75) is 33.6 Å². The second-order valence-electron chi connectivity index (χ2n) is 5.94. The van der Waals surface area contributed by atoms with Crippen molar-refractivity contribution in [2.24, 2.45) is 5.41 Å². The van der Waals surface area contributed by atoms with E-state index < -0.39 is 4.92 Å². The van der Waals surface area contributed by atoms with Crippen LogP contribution < -0.4 is 5.32 Å². The molecule has 6 heteroatoms. The average molecular weight is 294 g/mol. The summed E-state index contributed by atoms with van der Waals surface area (Å²) in [5.74, 6) is -0.307. The molecule has 1 aromatic carbocycles. The van der Waals surface area contributed by atoms with Gasteiger partial charge in [0.2, 0.25) is 0 Å². The minimum Gasteiger partial charge on any atom is -0.396 e. The molecule has 0 spiro atoms. The zero-order chi connectivity index (χ0) is 16.0. The summed E-state index contributed by atoms with van der Waals surface area (Å²) in [6.07, 6.45) is 1.53. The fraction of sp³-hybridized carbons (Fsp3) is 0.533. The van der Waals surface area contributed by atoms with Crippen molar-refractivity contribution in [3.63, 3.8) is 0 Å². The molecule has 0 aliphatic rings. The molecule has 0 bridgehead atoms. The summed E-state index contributed by atoms with van der Waals surface area (Å²) in [4.78, 5) is 22.3. The lowest BCUT2D eigenvalue weighted by Gasteiger charge is -2.21. The van der Waals surface area contributed by atoms with Crippen LogP contribution in [0.3, 0.4) is 0 Å². The molecular formula is C15H22N2O4. The first kappa shape index (κ1) is 17.1. The number of aryl methyl sites for hydroxylation is 1. The molecule has 6 nitrogen and oxygen atoms in total. The standard InChI is InChI=1S/C15H22N2O4/c1-11-5-6-12(17(20)21)9-13(11)14(19)16-8-4-7-15(2,3)10-18/h5-6,9,18H,4,7-8,10H2,1-3H3,(H,16,19). The maximum Gasteiger partial charge on any atom is 0.270 e. The number of carbonyl (C=O) groups is 1. The third-order valence-electron chi connectivity index (χ3n) is 3.42. The van der Waals surface area contributed by atoms with Crippen molar-refractivity contribution in [1.29, 1.82) is 0 Å². The molecule has 2 N–H and O–H groups in total. The largest absolute Gasteiger partial charge is 0.396 e. The summed E-state index contributed by atoms with van der Waals surface area (Å²) in [5.41, 5.74) is 0.776. The Labute approximate surface area is 124 Å². The van der Waals surface area contributed by atoms with Gasteiger partial charge in [0.15, 0.2) is 0 Å². The van der Waals surface area contributed by atoms with Gasteiger partial charge in [0.1, 0.15) is 0 Å². The van der Waals surface area contributed by atoms with Gasteiger partial charge in [-0.2, -0.15) is 0 Å². The van der Waals surface area contributed by atoms with E-state index in [0.717, 1.165) is 12.8 Å². The number of aliphatic hydroxyl groups excluding tert-OH is 1. The van der Waals surface area contributed by atoms with Crippen molar-refractivity contribution < 1.29 is 14.8 Å². The van der Waals surface area contributed by atoms with Crippen molar-refractivity contribution in [3.05, 3.63) is 39.4 Å². The third-order valence-corrected chi connectivity index (χ3v) is 3.42. The lowest BCUT2D eigenvalue weighted by molar-refractivity contribution is -0.384. The number of rotatable bonds is 7. The maximum atomic E-state index is 12.1. The van der Waals surface area contributed by atoms with E-state index in [1.165, 1.54) is 12.1 Å². The number of nitrogens with one attached hydrogen (secondary N) is 1. The molecular weight excluding hydrogens is 272 g/mol. The highest BCUT2D eigenvalue weighted by Gasteiger charge is 2.17. The number of benzene rings is 1. The van der Waals surface area contributed by atoms with Gasteiger partial charge >= 0.3 is 0 Å². The zero-order valence-electron chi connectivity index (χ0n) is 12.7. The summed E-state index contributed by atoms with van der Waals surface area (Å²) in [6, 6.07) is 4.25. The maximum absolute atomic E-state index is 12.1. The molecule has 0 aliphatic carbocycles. The van der Waals surface area contributed by atoms with Crippen LogP contribution in [0.2, 0.25) is 0 Å². The molecule has 0 atom stereocenters. The third kappa shape index (κ3) is 5.15. The van der Waals surface area contributed by atoms with Gasteiger partial charge < -0.3 is 10.4 Å². The number of hydrogen-bond acceptors (Lipinski definition) is 4. The molecule has 0 fully saturated rings. The first-order valence-corrected chi connectivity index (χ1v) is 6.91. The van der Waals surface area contributed by atoms with Gasteiger partial charge in [-0.3, -0.25) is 14.9 Å². The number of amides is 1. The highest BCUT2D eigenvalue weighted by atomic mass is 16.6. The molecule has 116 valence electrons. The Bertz CT molecular complexity index is 526. The Hall–Kier alpha value is -1.95. The molecule has 0 saturated carbocycles. The topological polar surface area (TPSA) is 92.5 Å². The number of nitrogens with zero attached hydrogens (tertiary/aromatic N) is 1. The van der Waals surface area contributed by atoms with Crippen molar-refractivity contribution >= 4 is 11.6 Å². The molecule has 21 heavy (non-hydrogen) atoms. The van der Waals surface area contributed by atoms with Crippen LogP contribution in [0.25, 0.3) is 0 Å². The van der Waals surface area contributed by atoms with E-state index in [-0.39, 0.29) is 23.6 Å². The predicted octanol–water partition coefficient (Wildman–Crippen LogP) is 2.43. The Kier molecular flexibility index (Phi) is 5.84. The highest BCUT2D eigenvalue weighted by Crippen LogP contribution is 2.21. The summed E-state index contributed by atoms with van der Waals surface area (Å²) in [5, 5.41) is 22.6. The van der Waals surface area contributed by atoms with E-state index in [1.807, 2.05) is 13.8 Å². The lowest BCUT2D eigenvalue weighted by atomic mass is 9.89. The van der Waals surface area contributed by atoms with Gasteiger partial charge in [0.25, 0.3) is 11.6 Å². The van der Waals surface area contributed by atoms with Gasteiger partial charge in [-0.05, 0) is 30.7 Å². The van der Waals surface area contributed by atoms with E-state index in [2.05, 4.69) is 5.32 Å². The highest BCUT2D eigenvalue weighted by molar-refractivity contribution is 5.96. The molecule has 1 aromatic rings. The lowest BCUT2D eigenvalue weighted by Crippen LogP contribution is -2.27. The Balaban J connectivity index is 2.60. The van der Waals surface area contributed by atoms with Crippen molar-refractivity contribution in [2.75, 3.05) is 13.2 Å². The van der Waals surface area contributed by atoms with Crippen LogP contribution in [0, 0.1) is 22.5 Å². The molecule has 0 aliphatic heterocycles. The Morgan fingerprint density at radius 1 is 1.43 bits per heavy atom.